The molecule has 3 nitrogen and oxygen atoms in total. The van der Waals surface area contributed by atoms with E-state index in [2.05, 4.69) is 33.4 Å². The molecule has 1 heterocycles. The Morgan fingerprint density at radius 1 is 1.21 bits per heavy atom. The van der Waals surface area contributed by atoms with Crippen LogP contribution in [-0.2, 0) is 6.42 Å². The predicted molar refractivity (Wildman–Crippen MR) is 79.0 cm³/mol. The highest BCUT2D eigenvalue weighted by molar-refractivity contribution is 9.10. The van der Waals surface area contributed by atoms with Crippen molar-refractivity contribution < 1.29 is 9.52 Å². The van der Waals surface area contributed by atoms with Gasteiger partial charge in [-0.05, 0) is 47.0 Å². The lowest BCUT2D eigenvalue weighted by molar-refractivity contribution is 0.227. The number of nitrogens with one attached hydrogen (secondary N) is 1. The molecule has 1 aromatic heterocycles. The summed E-state index contributed by atoms with van der Waals surface area (Å²) in [7, 11) is 0. The van der Waals surface area contributed by atoms with Crippen LogP contribution in [0.3, 0.4) is 0 Å². The predicted octanol–water partition coefficient (Wildman–Crippen LogP) is 3.30. The molecule has 0 amide bonds. The van der Waals surface area contributed by atoms with E-state index in [1.165, 1.54) is 5.56 Å². The summed E-state index contributed by atoms with van der Waals surface area (Å²) in [6.45, 7) is 2.13. The topological polar surface area (TPSA) is 45.4 Å². The summed E-state index contributed by atoms with van der Waals surface area (Å²) in [5.41, 5.74) is 1.21. The van der Waals surface area contributed by atoms with Crippen LogP contribution in [0.5, 0.6) is 0 Å². The number of furan rings is 1. The van der Waals surface area contributed by atoms with Crippen molar-refractivity contribution in [2.75, 3.05) is 6.61 Å². The van der Waals surface area contributed by atoms with Crippen LogP contribution in [0.2, 0.25) is 0 Å². The van der Waals surface area contributed by atoms with Crippen LogP contribution >= 0.6 is 15.9 Å². The molecular weight excluding hydrogens is 306 g/mol. The summed E-state index contributed by atoms with van der Waals surface area (Å²) in [6, 6.07) is 14.0. The first kappa shape index (κ1) is 14.3. The molecule has 102 valence electrons. The van der Waals surface area contributed by atoms with Gasteiger partial charge in [0.15, 0.2) is 4.67 Å². The van der Waals surface area contributed by atoms with Gasteiger partial charge in [0.05, 0.1) is 12.6 Å². The van der Waals surface area contributed by atoms with Crippen LogP contribution < -0.4 is 5.32 Å². The maximum absolute atomic E-state index is 9.49. The van der Waals surface area contributed by atoms with Gasteiger partial charge in [-0.3, -0.25) is 0 Å². The fraction of sp³-hybridized carbons (Fsp3) is 0.333. The van der Waals surface area contributed by atoms with Crippen LogP contribution in [0, 0.1) is 0 Å². The second kappa shape index (κ2) is 6.89. The first-order valence-electron chi connectivity index (χ1n) is 6.35. The Morgan fingerprint density at radius 2 is 1.95 bits per heavy atom. The fourth-order valence-corrected chi connectivity index (χ4v) is 2.39. The van der Waals surface area contributed by atoms with Gasteiger partial charge in [-0.1, -0.05) is 30.3 Å². The second-order valence-electron chi connectivity index (χ2n) is 4.60. The number of aliphatic hydroxyl groups is 1. The van der Waals surface area contributed by atoms with Gasteiger partial charge < -0.3 is 14.8 Å². The van der Waals surface area contributed by atoms with Gasteiger partial charge in [0.2, 0.25) is 0 Å². The normalized spacial score (nSPS) is 14.3. The second-order valence-corrected chi connectivity index (χ2v) is 5.38. The van der Waals surface area contributed by atoms with E-state index in [1.807, 2.05) is 37.3 Å². The zero-order chi connectivity index (χ0) is 13.7. The largest absolute Gasteiger partial charge is 0.453 e. The number of aliphatic hydroxyl groups excluding tert-OH is 1. The number of hydrogen-bond acceptors (Lipinski definition) is 3. The molecule has 0 bridgehead atoms. The van der Waals surface area contributed by atoms with Crippen molar-refractivity contribution in [2.24, 2.45) is 0 Å². The van der Waals surface area contributed by atoms with Gasteiger partial charge in [0, 0.05) is 6.04 Å². The Bertz CT molecular complexity index is 498. The Hall–Kier alpha value is -1.10. The summed E-state index contributed by atoms with van der Waals surface area (Å²) >= 11 is 3.29. The SMILES string of the molecule is CC(N[C@H](CO)Cc1ccccc1)c1ccc(Br)o1. The van der Waals surface area contributed by atoms with Gasteiger partial charge >= 0.3 is 0 Å². The molecule has 2 N–H and O–H groups in total. The monoisotopic (exact) mass is 323 g/mol. The quantitative estimate of drug-likeness (QED) is 0.857. The van der Waals surface area contributed by atoms with Crippen molar-refractivity contribution in [2.45, 2.75) is 25.4 Å². The summed E-state index contributed by atoms with van der Waals surface area (Å²) in [5.74, 6) is 0.860. The Morgan fingerprint density at radius 3 is 2.53 bits per heavy atom. The van der Waals surface area contributed by atoms with E-state index in [1.54, 1.807) is 0 Å². The van der Waals surface area contributed by atoms with Gasteiger partial charge in [0.1, 0.15) is 5.76 Å². The van der Waals surface area contributed by atoms with E-state index in [0.29, 0.717) is 0 Å². The summed E-state index contributed by atoms with van der Waals surface area (Å²) in [6.07, 6.45) is 0.795. The smallest absolute Gasteiger partial charge is 0.169 e. The van der Waals surface area contributed by atoms with Crippen molar-refractivity contribution >= 4 is 15.9 Å². The minimum atomic E-state index is 0.0151. The Balaban J connectivity index is 1.95. The van der Waals surface area contributed by atoms with E-state index in [-0.39, 0.29) is 18.7 Å². The third-order valence-corrected chi connectivity index (χ3v) is 3.48. The number of benzene rings is 1. The molecule has 0 saturated carbocycles. The van der Waals surface area contributed by atoms with Crippen LogP contribution in [0.15, 0.2) is 51.6 Å². The molecule has 1 unspecified atom stereocenters. The summed E-state index contributed by atoms with van der Waals surface area (Å²) < 4.78 is 6.24. The van der Waals surface area contributed by atoms with Crippen LogP contribution in [0.1, 0.15) is 24.3 Å². The first-order chi connectivity index (χ1) is 9.19. The molecule has 0 fully saturated rings. The molecule has 19 heavy (non-hydrogen) atoms. The standard InChI is InChI=1S/C15H18BrNO2/c1-11(14-7-8-15(16)19-14)17-13(10-18)9-12-5-3-2-4-6-12/h2-8,11,13,17-18H,9-10H2,1H3/t11?,13-/m0/s1. The number of hydrogen-bond donors (Lipinski definition) is 2. The van der Waals surface area contributed by atoms with Crippen molar-refractivity contribution in [3.63, 3.8) is 0 Å². The molecular formula is C15H18BrNO2. The van der Waals surface area contributed by atoms with Gasteiger partial charge in [0.25, 0.3) is 0 Å². The van der Waals surface area contributed by atoms with Crippen LogP contribution in [0.25, 0.3) is 0 Å². The molecule has 4 heteroatoms. The lowest BCUT2D eigenvalue weighted by Crippen LogP contribution is -2.36. The van der Waals surface area contributed by atoms with E-state index >= 15 is 0 Å². The maximum Gasteiger partial charge on any atom is 0.169 e. The highest BCUT2D eigenvalue weighted by atomic mass is 79.9. The zero-order valence-corrected chi connectivity index (χ0v) is 12.4. The molecule has 0 saturated heterocycles. The molecule has 0 spiro atoms. The van der Waals surface area contributed by atoms with E-state index in [9.17, 15) is 5.11 Å². The van der Waals surface area contributed by atoms with Crippen LogP contribution in [-0.4, -0.2) is 17.8 Å². The minimum absolute atomic E-state index is 0.0151. The average molecular weight is 324 g/mol. The third kappa shape index (κ3) is 4.20. The Kier molecular flexibility index (Phi) is 5.19. The van der Waals surface area contributed by atoms with Gasteiger partial charge in [-0.2, -0.15) is 0 Å². The highest BCUT2D eigenvalue weighted by Crippen LogP contribution is 2.20. The summed E-state index contributed by atoms with van der Waals surface area (Å²) in [5, 5.41) is 12.9. The minimum Gasteiger partial charge on any atom is -0.453 e. The molecule has 1 aromatic carbocycles. The molecule has 2 aromatic rings. The molecule has 0 radical (unpaired) electrons. The van der Waals surface area contributed by atoms with Gasteiger partial charge in [-0.25, -0.2) is 0 Å². The fourth-order valence-electron chi connectivity index (χ4n) is 2.07. The average Bonchev–Trinajstić information content (AvgIpc) is 2.86. The van der Waals surface area contributed by atoms with Crippen molar-refractivity contribution in [1.29, 1.82) is 0 Å². The van der Waals surface area contributed by atoms with Crippen molar-refractivity contribution in [3.8, 4) is 0 Å². The molecule has 0 aliphatic heterocycles. The molecule has 2 rings (SSSR count). The lowest BCUT2D eigenvalue weighted by Gasteiger charge is -2.20. The van der Waals surface area contributed by atoms with Crippen LogP contribution in [0.4, 0.5) is 0 Å². The summed E-state index contributed by atoms with van der Waals surface area (Å²) in [4.78, 5) is 0. The third-order valence-electron chi connectivity index (χ3n) is 3.05. The van der Waals surface area contributed by atoms with E-state index in [0.717, 1.165) is 16.9 Å². The Labute approximate surface area is 121 Å². The van der Waals surface area contributed by atoms with E-state index in [4.69, 9.17) is 4.42 Å². The molecule has 0 aliphatic carbocycles. The number of halogens is 1. The maximum atomic E-state index is 9.49. The zero-order valence-electron chi connectivity index (χ0n) is 10.8. The number of rotatable bonds is 6. The first-order valence-corrected chi connectivity index (χ1v) is 7.14. The van der Waals surface area contributed by atoms with Crippen molar-refractivity contribution in [3.05, 3.63) is 58.5 Å². The highest BCUT2D eigenvalue weighted by Gasteiger charge is 2.15. The van der Waals surface area contributed by atoms with Gasteiger partial charge in [-0.15, -0.1) is 0 Å². The van der Waals surface area contributed by atoms with E-state index < -0.39 is 0 Å². The lowest BCUT2D eigenvalue weighted by atomic mass is 10.1. The van der Waals surface area contributed by atoms with Crippen molar-refractivity contribution in [1.82, 2.24) is 5.32 Å². The molecule has 2 atom stereocenters. The molecule has 0 aliphatic rings.